The molecule has 1 atom stereocenters. The fourth-order valence-electron chi connectivity index (χ4n) is 2.39. The third-order valence-corrected chi connectivity index (χ3v) is 5.14. The van der Waals surface area contributed by atoms with Crippen LogP contribution in [0.3, 0.4) is 0 Å². The summed E-state index contributed by atoms with van der Waals surface area (Å²) >= 11 is 8.09. The summed E-state index contributed by atoms with van der Waals surface area (Å²) in [6.07, 6.45) is 8.50. The minimum Gasteiger partial charge on any atom is -0.322 e. The van der Waals surface area contributed by atoms with Gasteiger partial charge in [-0.05, 0) is 12.8 Å². The Bertz CT molecular complexity index is 341. The summed E-state index contributed by atoms with van der Waals surface area (Å²) in [7, 11) is 1.90. The average Bonchev–Trinajstić information content (AvgIpc) is 2.67. The molecule has 0 aromatic carbocycles. The first kappa shape index (κ1) is 13.2. The Morgan fingerprint density at radius 1 is 1.53 bits per heavy atom. The van der Waals surface area contributed by atoms with Crippen molar-refractivity contribution in [2.24, 2.45) is 12.8 Å². The Labute approximate surface area is 112 Å². The molecule has 1 unspecified atom stereocenters. The molecule has 1 aromatic heterocycles. The smallest absolute Gasteiger partial charge is 0.0834 e. The Hall–Kier alpha value is -0.190. The van der Waals surface area contributed by atoms with Gasteiger partial charge in [0.15, 0.2) is 0 Å². The number of aryl methyl sites for hydroxylation is 1. The second kappa shape index (κ2) is 6.12. The molecule has 5 heteroatoms. The monoisotopic (exact) mass is 273 g/mol. The first-order valence-corrected chi connectivity index (χ1v) is 7.65. The molecule has 2 N–H and O–H groups in total. The lowest BCUT2D eigenvalue weighted by Crippen LogP contribution is -2.20. The van der Waals surface area contributed by atoms with Crippen molar-refractivity contribution in [3.63, 3.8) is 0 Å². The number of aromatic nitrogens is 2. The van der Waals surface area contributed by atoms with Crippen LogP contribution < -0.4 is 5.73 Å². The quantitative estimate of drug-likeness (QED) is 0.917. The first-order valence-electron chi connectivity index (χ1n) is 6.23. The van der Waals surface area contributed by atoms with Crippen LogP contribution in [0.5, 0.6) is 0 Å². The van der Waals surface area contributed by atoms with Crippen LogP contribution in [0.25, 0.3) is 0 Å². The van der Waals surface area contributed by atoms with Crippen LogP contribution in [-0.4, -0.2) is 20.8 Å². The Morgan fingerprint density at radius 2 is 2.24 bits per heavy atom. The van der Waals surface area contributed by atoms with Gasteiger partial charge in [0.25, 0.3) is 0 Å². The maximum atomic E-state index is 6.19. The topological polar surface area (TPSA) is 43.8 Å². The van der Waals surface area contributed by atoms with Crippen molar-refractivity contribution in [2.75, 3.05) is 5.75 Å². The zero-order chi connectivity index (χ0) is 12.3. The van der Waals surface area contributed by atoms with E-state index < -0.39 is 0 Å². The number of nitrogens with two attached hydrogens (primary N) is 1. The van der Waals surface area contributed by atoms with Gasteiger partial charge in [0.05, 0.1) is 23.0 Å². The van der Waals surface area contributed by atoms with Crippen LogP contribution in [0.1, 0.15) is 43.8 Å². The van der Waals surface area contributed by atoms with Gasteiger partial charge in [-0.2, -0.15) is 16.9 Å². The van der Waals surface area contributed by atoms with E-state index in [4.69, 9.17) is 17.3 Å². The summed E-state index contributed by atoms with van der Waals surface area (Å²) in [5, 5.41) is 5.61. The molecule has 3 nitrogen and oxygen atoms in total. The molecule has 1 aliphatic carbocycles. The van der Waals surface area contributed by atoms with Crippen molar-refractivity contribution in [3.8, 4) is 0 Å². The molecule has 1 fully saturated rings. The lowest BCUT2D eigenvalue weighted by molar-refractivity contribution is 0.515. The summed E-state index contributed by atoms with van der Waals surface area (Å²) in [6, 6.07) is -0.0121. The minimum absolute atomic E-state index is 0.0121. The van der Waals surface area contributed by atoms with Gasteiger partial charge in [0.1, 0.15) is 0 Å². The standard InChI is InChI=1S/C12H20ClN3S/c1-16-12(10(13)7-15-16)11(14)8-17-9-5-3-2-4-6-9/h7,9,11H,2-6,8,14H2,1H3. The number of nitrogens with zero attached hydrogens (tertiary/aromatic N) is 2. The molecule has 1 aliphatic rings. The van der Waals surface area contributed by atoms with Gasteiger partial charge in [0, 0.05) is 18.1 Å². The molecule has 2 rings (SSSR count). The lowest BCUT2D eigenvalue weighted by atomic mass is 10.0. The van der Waals surface area contributed by atoms with Crippen molar-refractivity contribution >= 4 is 23.4 Å². The largest absolute Gasteiger partial charge is 0.322 e. The summed E-state index contributed by atoms with van der Waals surface area (Å²) in [4.78, 5) is 0. The highest BCUT2D eigenvalue weighted by molar-refractivity contribution is 7.99. The van der Waals surface area contributed by atoms with Gasteiger partial charge < -0.3 is 5.73 Å². The first-order chi connectivity index (χ1) is 8.18. The third-order valence-electron chi connectivity index (χ3n) is 3.35. The van der Waals surface area contributed by atoms with Gasteiger partial charge in [-0.1, -0.05) is 30.9 Å². The molecular weight excluding hydrogens is 254 g/mol. The van der Waals surface area contributed by atoms with Crippen LogP contribution in [0.2, 0.25) is 5.02 Å². The van der Waals surface area contributed by atoms with Crippen LogP contribution >= 0.6 is 23.4 Å². The van der Waals surface area contributed by atoms with E-state index in [9.17, 15) is 0 Å². The van der Waals surface area contributed by atoms with Crippen LogP contribution in [0.15, 0.2) is 6.20 Å². The number of hydrogen-bond acceptors (Lipinski definition) is 3. The molecule has 0 radical (unpaired) electrons. The molecule has 0 aliphatic heterocycles. The number of thioether (sulfide) groups is 1. The fraction of sp³-hybridized carbons (Fsp3) is 0.750. The van der Waals surface area contributed by atoms with E-state index in [2.05, 4.69) is 5.10 Å². The predicted molar refractivity (Wildman–Crippen MR) is 74.5 cm³/mol. The van der Waals surface area contributed by atoms with Crippen LogP contribution in [0.4, 0.5) is 0 Å². The fourth-order valence-corrected chi connectivity index (χ4v) is 4.00. The van der Waals surface area contributed by atoms with E-state index in [-0.39, 0.29) is 6.04 Å². The van der Waals surface area contributed by atoms with Crippen molar-refractivity contribution in [2.45, 2.75) is 43.4 Å². The second-order valence-corrected chi connectivity index (χ2v) is 6.44. The molecule has 96 valence electrons. The molecule has 1 aromatic rings. The molecular formula is C12H20ClN3S. The number of rotatable bonds is 4. The van der Waals surface area contributed by atoms with Crippen molar-refractivity contribution in [1.29, 1.82) is 0 Å². The summed E-state index contributed by atoms with van der Waals surface area (Å²) in [6.45, 7) is 0. The Morgan fingerprint density at radius 3 is 2.82 bits per heavy atom. The van der Waals surface area contributed by atoms with Crippen molar-refractivity contribution < 1.29 is 0 Å². The average molecular weight is 274 g/mol. The van der Waals surface area contributed by atoms with E-state index >= 15 is 0 Å². The van der Waals surface area contributed by atoms with Crippen molar-refractivity contribution in [1.82, 2.24) is 9.78 Å². The normalized spacial score (nSPS) is 19.5. The molecule has 0 spiro atoms. The minimum atomic E-state index is -0.0121. The molecule has 0 saturated heterocycles. The van der Waals surface area contributed by atoms with Gasteiger partial charge in [0.2, 0.25) is 0 Å². The number of halogens is 1. The van der Waals surface area contributed by atoms with Crippen molar-refractivity contribution in [3.05, 3.63) is 16.9 Å². The van der Waals surface area contributed by atoms with Gasteiger partial charge in [-0.15, -0.1) is 0 Å². The Kier molecular flexibility index (Phi) is 4.77. The van der Waals surface area contributed by atoms with Crippen LogP contribution in [-0.2, 0) is 7.05 Å². The molecule has 0 bridgehead atoms. The highest BCUT2D eigenvalue weighted by Gasteiger charge is 2.19. The van der Waals surface area contributed by atoms with E-state index in [0.717, 1.165) is 16.7 Å². The van der Waals surface area contributed by atoms with Gasteiger partial charge in [-0.3, -0.25) is 4.68 Å². The second-order valence-electron chi connectivity index (χ2n) is 4.70. The molecule has 1 heterocycles. The van der Waals surface area contributed by atoms with E-state index in [1.54, 1.807) is 10.9 Å². The Balaban J connectivity index is 1.86. The molecule has 0 amide bonds. The SMILES string of the molecule is Cn1ncc(Cl)c1C(N)CSC1CCCCC1. The predicted octanol–water partition coefficient (Wildman–Crippen LogP) is 3.14. The highest BCUT2D eigenvalue weighted by atomic mass is 35.5. The van der Waals surface area contributed by atoms with E-state index in [1.807, 2.05) is 18.8 Å². The van der Waals surface area contributed by atoms with Crippen LogP contribution in [0, 0.1) is 0 Å². The van der Waals surface area contributed by atoms with E-state index in [1.165, 1.54) is 32.1 Å². The highest BCUT2D eigenvalue weighted by Crippen LogP contribution is 2.31. The zero-order valence-corrected chi connectivity index (χ0v) is 11.8. The summed E-state index contributed by atoms with van der Waals surface area (Å²) in [5.41, 5.74) is 7.15. The van der Waals surface area contributed by atoms with Gasteiger partial charge in [-0.25, -0.2) is 0 Å². The molecule has 17 heavy (non-hydrogen) atoms. The zero-order valence-electron chi connectivity index (χ0n) is 10.2. The maximum Gasteiger partial charge on any atom is 0.0834 e. The van der Waals surface area contributed by atoms with E-state index in [0.29, 0.717) is 5.02 Å². The summed E-state index contributed by atoms with van der Waals surface area (Å²) in [5.74, 6) is 0.934. The van der Waals surface area contributed by atoms with Gasteiger partial charge >= 0.3 is 0 Å². The maximum absolute atomic E-state index is 6.19. The summed E-state index contributed by atoms with van der Waals surface area (Å²) < 4.78 is 1.79. The third kappa shape index (κ3) is 3.39. The number of hydrogen-bond donors (Lipinski definition) is 1. The molecule has 1 saturated carbocycles. The lowest BCUT2D eigenvalue weighted by Gasteiger charge is -2.22.